The summed E-state index contributed by atoms with van der Waals surface area (Å²) < 4.78 is 11.5. The Bertz CT molecular complexity index is 1330. The van der Waals surface area contributed by atoms with Crippen molar-refractivity contribution >= 4 is 28.5 Å². The number of carbonyl (C=O) groups excluding carboxylic acids is 1. The zero-order valence-electron chi connectivity index (χ0n) is 20.6. The zero-order valence-corrected chi connectivity index (χ0v) is 21.4. The van der Waals surface area contributed by atoms with E-state index in [1.807, 2.05) is 48.2 Å². The van der Waals surface area contributed by atoms with Crippen molar-refractivity contribution in [3.8, 4) is 5.75 Å². The number of halogens is 1. The Morgan fingerprint density at radius 1 is 1.22 bits per heavy atom. The molecule has 1 aromatic heterocycles. The summed E-state index contributed by atoms with van der Waals surface area (Å²) in [4.78, 5) is 27.7. The molecule has 1 saturated heterocycles. The number of rotatable bonds is 6. The van der Waals surface area contributed by atoms with Crippen LogP contribution in [0.1, 0.15) is 55.2 Å². The molecular formula is C29H32ClNO5. The van der Waals surface area contributed by atoms with E-state index in [1.54, 1.807) is 6.07 Å². The average Bonchev–Trinajstić information content (AvgIpc) is 2.87. The maximum atomic E-state index is 13.0. The van der Waals surface area contributed by atoms with E-state index in [9.17, 15) is 14.7 Å². The van der Waals surface area contributed by atoms with Crippen LogP contribution in [0, 0.1) is 12.8 Å². The summed E-state index contributed by atoms with van der Waals surface area (Å²) in [5.41, 5.74) is 1.66. The number of aryl methyl sites for hydroxylation is 1. The van der Waals surface area contributed by atoms with Crippen LogP contribution in [-0.4, -0.2) is 34.6 Å². The predicted molar refractivity (Wildman–Crippen MR) is 139 cm³/mol. The Labute approximate surface area is 215 Å². The number of likely N-dealkylation sites (tertiary alicyclic amines) is 1. The largest absolute Gasteiger partial charge is 0.489 e. The van der Waals surface area contributed by atoms with Gasteiger partial charge in [0.1, 0.15) is 17.9 Å². The number of hydrogen-bond acceptors (Lipinski definition) is 5. The fourth-order valence-corrected chi connectivity index (χ4v) is 5.91. The van der Waals surface area contributed by atoms with Gasteiger partial charge in [0, 0.05) is 53.0 Å². The molecule has 190 valence electrons. The van der Waals surface area contributed by atoms with Crippen molar-refractivity contribution in [2.24, 2.45) is 5.92 Å². The number of carbonyl (C=O) groups is 1. The quantitative estimate of drug-likeness (QED) is 0.449. The van der Waals surface area contributed by atoms with Crippen LogP contribution in [0.25, 0.3) is 11.0 Å². The summed E-state index contributed by atoms with van der Waals surface area (Å²) in [5.74, 6) is 0.774. The number of nitrogens with zero attached hydrogens (tertiary/aromatic N) is 1. The average molecular weight is 510 g/mol. The number of benzene rings is 2. The highest BCUT2D eigenvalue weighted by Gasteiger charge is 2.43. The van der Waals surface area contributed by atoms with E-state index in [0.717, 1.165) is 42.2 Å². The Hall–Kier alpha value is -2.83. The lowest BCUT2D eigenvalue weighted by atomic mass is 9.71. The smallest absolute Gasteiger partial charge is 0.339 e. The number of aliphatic hydroxyl groups is 1. The molecule has 1 saturated carbocycles. The van der Waals surface area contributed by atoms with Crippen molar-refractivity contribution in [3.05, 3.63) is 74.6 Å². The first kappa shape index (κ1) is 24.8. The van der Waals surface area contributed by atoms with Gasteiger partial charge in [-0.3, -0.25) is 4.79 Å². The third kappa shape index (κ3) is 5.02. The van der Waals surface area contributed by atoms with Crippen molar-refractivity contribution in [2.45, 2.75) is 64.1 Å². The van der Waals surface area contributed by atoms with E-state index >= 15 is 0 Å². The third-order valence-corrected chi connectivity index (χ3v) is 8.35. The first-order valence-corrected chi connectivity index (χ1v) is 13.1. The van der Waals surface area contributed by atoms with E-state index in [0.29, 0.717) is 54.5 Å². The van der Waals surface area contributed by atoms with Gasteiger partial charge in [0.2, 0.25) is 5.91 Å². The third-order valence-electron chi connectivity index (χ3n) is 7.98. The van der Waals surface area contributed by atoms with Gasteiger partial charge in [0.15, 0.2) is 0 Å². The number of hydrogen-bond donors (Lipinski definition) is 1. The fraction of sp³-hybridized carbons (Fsp3) is 0.448. The summed E-state index contributed by atoms with van der Waals surface area (Å²) in [6, 6.07) is 12.9. The minimum Gasteiger partial charge on any atom is -0.489 e. The van der Waals surface area contributed by atoms with Crippen LogP contribution in [0.2, 0.25) is 5.02 Å². The molecule has 36 heavy (non-hydrogen) atoms. The molecule has 5 rings (SSSR count). The van der Waals surface area contributed by atoms with Crippen LogP contribution in [0.3, 0.4) is 0 Å². The van der Waals surface area contributed by atoms with E-state index in [1.165, 1.54) is 0 Å². The van der Waals surface area contributed by atoms with Gasteiger partial charge in [-0.1, -0.05) is 42.6 Å². The summed E-state index contributed by atoms with van der Waals surface area (Å²) in [7, 11) is 0. The van der Waals surface area contributed by atoms with Crippen LogP contribution in [0.15, 0.2) is 51.7 Å². The van der Waals surface area contributed by atoms with Crippen molar-refractivity contribution in [2.75, 3.05) is 13.1 Å². The Balaban J connectivity index is 1.26. The molecule has 2 heterocycles. The molecule has 0 bridgehead atoms. The maximum absolute atomic E-state index is 13.0. The number of piperidine rings is 1. The molecule has 0 unspecified atom stereocenters. The molecule has 2 fully saturated rings. The van der Waals surface area contributed by atoms with Crippen molar-refractivity contribution in [3.63, 3.8) is 0 Å². The highest BCUT2D eigenvalue weighted by atomic mass is 35.5. The molecule has 1 aliphatic heterocycles. The second-order valence-corrected chi connectivity index (χ2v) is 10.6. The highest BCUT2D eigenvalue weighted by Crippen LogP contribution is 2.40. The van der Waals surface area contributed by atoms with Crippen molar-refractivity contribution in [1.29, 1.82) is 0 Å². The first-order chi connectivity index (χ1) is 17.3. The molecule has 1 amide bonds. The van der Waals surface area contributed by atoms with Crippen LogP contribution < -0.4 is 10.4 Å². The van der Waals surface area contributed by atoms with E-state index < -0.39 is 11.2 Å². The first-order valence-electron chi connectivity index (χ1n) is 12.8. The van der Waals surface area contributed by atoms with E-state index in [-0.39, 0.29) is 18.2 Å². The number of amides is 1. The minimum absolute atomic E-state index is 0.0323. The van der Waals surface area contributed by atoms with E-state index in [2.05, 4.69) is 0 Å². The van der Waals surface area contributed by atoms with Gasteiger partial charge >= 0.3 is 5.63 Å². The summed E-state index contributed by atoms with van der Waals surface area (Å²) >= 11 is 6.20. The zero-order chi connectivity index (χ0) is 25.3. The van der Waals surface area contributed by atoms with Crippen molar-refractivity contribution in [1.82, 2.24) is 4.90 Å². The normalized spacial score (nSPS) is 21.9. The molecule has 2 aromatic carbocycles. The van der Waals surface area contributed by atoms with Gasteiger partial charge in [-0.05, 0) is 56.4 Å². The van der Waals surface area contributed by atoms with Gasteiger partial charge in [-0.15, -0.1) is 0 Å². The van der Waals surface area contributed by atoms with Gasteiger partial charge in [0.25, 0.3) is 0 Å². The van der Waals surface area contributed by atoms with Crippen LogP contribution >= 0.6 is 11.6 Å². The van der Waals surface area contributed by atoms with Gasteiger partial charge in [-0.25, -0.2) is 4.79 Å². The van der Waals surface area contributed by atoms with Crippen LogP contribution in [0.4, 0.5) is 0 Å². The molecule has 2 atom stereocenters. The SMILES string of the molecule is Cc1c(CCC(=O)N2CC[C@]3(O)CCCC[C@@H]3C2)c(=O)oc2cc(OCc3ccccc3Cl)ccc12. The molecule has 1 N–H and O–H groups in total. The molecule has 0 radical (unpaired) electrons. The molecule has 1 aliphatic carbocycles. The molecule has 6 nitrogen and oxygen atoms in total. The van der Waals surface area contributed by atoms with Gasteiger partial charge in [0.05, 0.1) is 5.60 Å². The summed E-state index contributed by atoms with van der Waals surface area (Å²) in [6.45, 7) is 3.39. The summed E-state index contributed by atoms with van der Waals surface area (Å²) in [5, 5.41) is 12.4. The van der Waals surface area contributed by atoms with E-state index in [4.69, 9.17) is 20.8 Å². The Morgan fingerprint density at radius 2 is 2.06 bits per heavy atom. The highest BCUT2D eigenvalue weighted by molar-refractivity contribution is 6.31. The number of ether oxygens (including phenoxy) is 1. The predicted octanol–water partition coefficient (Wildman–Crippen LogP) is 5.42. The topological polar surface area (TPSA) is 80.0 Å². The lowest BCUT2D eigenvalue weighted by Crippen LogP contribution is -2.54. The lowest BCUT2D eigenvalue weighted by molar-refractivity contribution is -0.143. The maximum Gasteiger partial charge on any atom is 0.339 e. The fourth-order valence-electron chi connectivity index (χ4n) is 5.72. The molecule has 0 spiro atoms. The Kier molecular flexibility index (Phi) is 7.09. The van der Waals surface area contributed by atoms with Crippen LogP contribution in [0.5, 0.6) is 5.75 Å². The second-order valence-electron chi connectivity index (χ2n) is 10.2. The monoisotopic (exact) mass is 509 g/mol. The number of fused-ring (bicyclic) bond motifs is 2. The Morgan fingerprint density at radius 3 is 2.89 bits per heavy atom. The molecule has 7 heteroatoms. The minimum atomic E-state index is -0.610. The molecular weight excluding hydrogens is 478 g/mol. The van der Waals surface area contributed by atoms with Crippen molar-refractivity contribution < 1.29 is 19.1 Å². The molecule has 2 aliphatic rings. The van der Waals surface area contributed by atoms with Gasteiger partial charge in [-0.2, -0.15) is 0 Å². The second kappa shape index (κ2) is 10.3. The standard InChI is InChI=1S/C29H32ClNO5/c1-19-23-10-9-22(35-18-20-6-2-3-8-25(20)30)16-26(23)36-28(33)24(19)11-12-27(32)31-15-14-29(34)13-5-4-7-21(29)17-31/h2-3,6,8-10,16,21,34H,4-5,7,11-15,17-18H2,1H3/t21-,29-/m1/s1. The molecule has 3 aromatic rings. The van der Waals surface area contributed by atoms with Gasteiger partial charge < -0.3 is 19.2 Å². The lowest BCUT2D eigenvalue weighted by Gasteiger charge is -2.47. The summed E-state index contributed by atoms with van der Waals surface area (Å²) in [6.07, 6.45) is 5.20. The van der Waals surface area contributed by atoms with Crippen LogP contribution in [-0.2, 0) is 17.8 Å².